The second-order valence-corrected chi connectivity index (χ2v) is 7.91. The van der Waals surface area contributed by atoms with Crippen LogP contribution >= 0.6 is 0 Å². The fourth-order valence-corrected chi connectivity index (χ4v) is 4.63. The molecular formula is C14H27N2O2S+. The molecule has 1 heterocycles. The molecule has 0 spiro atoms. The van der Waals surface area contributed by atoms with Gasteiger partial charge in [0.15, 0.2) is 0 Å². The molecule has 5 heteroatoms. The van der Waals surface area contributed by atoms with Crippen molar-refractivity contribution in [2.24, 2.45) is 5.92 Å². The maximum absolute atomic E-state index is 12.0. The van der Waals surface area contributed by atoms with Crippen molar-refractivity contribution in [1.82, 2.24) is 4.31 Å². The van der Waals surface area contributed by atoms with Gasteiger partial charge in [0.05, 0.1) is 38.5 Å². The van der Waals surface area contributed by atoms with E-state index in [1.165, 1.54) is 25.8 Å². The third-order valence-electron chi connectivity index (χ3n) is 4.24. The van der Waals surface area contributed by atoms with Crippen LogP contribution in [0.1, 0.15) is 32.6 Å². The van der Waals surface area contributed by atoms with Crippen molar-refractivity contribution < 1.29 is 13.3 Å². The monoisotopic (exact) mass is 287 g/mol. The Kier molecular flexibility index (Phi) is 5.42. The van der Waals surface area contributed by atoms with Crippen molar-refractivity contribution in [1.29, 1.82) is 0 Å². The quantitative estimate of drug-likeness (QED) is 0.738. The first-order valence-electron chi connectivity index (χ1n) is 7.58. The Bertz CT molecular complexity index is 398. The van der Waals surface area contributed by atoms with Crippen LogP contribution in [0.2, 0.25) is 0 Å². The lowest BCUT2D eigenvalue weighted by molar-refractivity contribution is -0.907. The smallest absolute Gasteiger partial charge is 0.214 e. The summed E-state index contributed by atoms with van der Waals surface area (Å²) in [5, 5.41) is 0. The first-order chi connectivity index (χ1) is 9.12. The number of hydrogen-bond acceptors (Lipinski definition) is 2. The first kappa shape index (κ1) is 15.0. The molecule has 1 aliphatic carbocycles. The Hall–Kier alpha value is -0.390. The molecule has 0 aromatic carbocycles. The van der Waals surface area contributed by atoms with E-state index in [4.69, 9.17) is 0 Å². The zero-order valence-electron chi connectivity index (χ0n) is 12.0. The second-order valence-electron chi connectivity index (χ2n) is 5.82. The van der Waals surface area contributed by atoms with Gasteiger partial charge in [0.25, 0.3) is 0 Å². The highest BCUT2D eigenvalue weighted by Gasteiger charge is 2.29. The molecule has 0 bridgehead atoms. The Morgan fingerprint density at radius 1 is 1.26 bits per heavy atom. The molecule has 1 fully saturated rings. The summed E-state index contributed by atoms with van der Waals surface area (Å²) in [6.45, 7) is 6.51. The topological polar surface area (TPSA) is 41.8 Å². The summed E-state index contributed by atoms with van der Waals surface area (Å²) in [5.74, 6) is 1.11. The predicted octanol–water partition coefficient (Wildman–Crippen LogP) is 0.283. The standard InChI is InChI=1S/C14H26N2O2S/c1-2-12-19(17,18)16-10-8-15(9-11-16)13-14-6-4-3-5-7-14/h3-4,14H,2,5-13H2,1H3/p+1. The van der Waals surface area contributed by atoms with Gasteiger partial charge in [0.1, 0.15) is 0 Å². The molecule has 1 saturated heterocycles. The van der Waals surface area contributed by atoms with Crippen molar-refractivity contribution in [2.45, 2.75) is 32.6 Å². The van der Waals surface area contributed by atoms with Gasteiger partial charge >= 0.3 is 0 Å². The number of quaternary nitrogens is 1. The van der Waals surface area contributed by atoms with Crippen LogP contribution in [-0.4, -0.2) is 51.2 Å². The van der Waals surface area contributed by atoms with Gasteiger partial charge in [-0.3, -0.25) is 0 Å². The summed E-state index contributed by atoms with van der Waals surface area (Å²) in [6.07, 6.45) is 9.02. The van der Waals surface area contributed by atoms with Crippen molar-refractivity contribution >= 4 is 10.0 Å². The second kappa shape index (κ2) is 6.86. The highest BCUT2D eigenvalue weighted by molar-refractivity contribution is 7.89. The number of sulfonamides is 1. The number of nitrogens with zero attached hydrogens (tertiary/aromatic N) is 1. The van der Waals surface area contributed by atoms with Crippen LogP contribution in [0.15, 0.2) is 12.2 Å². The van der Waals surface area contributed by atoms with Crippen LogP contribution in [0.4, 0.5) is 0 Å². The molecular weight excluding hydrogens is 260 g/mol. The van der Waals surface area contributed by atoms with E-state index in [1.807, 2.05) is 6.92 Å². The van der Waals surface area contributed by atoms with Gasteiger partial charge in [-0.2, -0.15) is 4.31 Å². The van der Waals surface area contributed by atoms with Crippen LogP contribution < -0.4 is 4.90 Å². The summed E-state index contributed by atoms with van der Waals surface area (Å²) < 4.78 is 25.7. The Labute approximate surface area is 117 Å². The van der Waals surface area contributed by atoms with Gasteiger partial charge in [-0.1, -0.05) is 19.1 Å². The van der Waals surface area contributed by atoms with Gasteiger partial charge in [-0.15, -0.1) is 0 Å². The van der Waals surface area contributed by atoms with Gasteiger partial charge < -0.3 is 4.90 Å². The van der Waals surface area contributed by atoms with Crippen molar-refractivity contribution in [3.05, 3.63) is 12.2 Å². The first-order valence-corrected chi connectivity index (χ1v) is 9.19. The SMILES string of the molecule is CCCS(=O)(=O)N1CC[NH+](CC2CC=CCC2)CC1. The third kappa shape index (κ3) is 4.29. The molecule has 2 rings (SSSR count). The summed E-state index contributed by atoms with van der Waals surface area (Å²) in [6, 6.07) is 0. The summed E-state index contributed by atoms with van der Waals surface area (Å²) in [4.78, 5) is 1.59. The number of nitrogens with one attached hydrogen (secondary N) is 1. The highest BCUT2D eigenvalue weighted by Crippen LogP contribution is 2.16. The maximum Gasteiger partial charge on any atom is 0.214 e. The van der Waals surface area contributed by atoms with E-state index in [0.29, 0.717) is 25.3 Å². The van der Waals surface area contributed by atoms with E-state index < -0.39 is 10.0 Å². The van der Waals surface area contributed by atoms with E-state index in [0.717, 1.165) is 19.0 Å². The largest absolute Gasteiger partial charge is 0.333 e. The Morgan fingerprint density at radius 2 is 2.00 bits per heavy atom. The number of piperazine rings is 1. The number of hydrogen-bond donors (Lipinski definition) is 1. The van der Waals surface area contributed by atoms with Gasteiger partial charge in [-0.25, -0.2) is 8.42 Å². The zero-order valence-corrected chi connectivity index (χ0v) is 12.8. The van der Waals surface area contributed by atoms with Gasteiger partial charge in [0, 0.05) is 5.92 Å². The number of rotatable bonds is 5. The molecule has 0 aromatic rings. The molecule has 1 N–H and O–H groups in total. The van der Waals surface area contributed by atoms with Crippen LogP contribution in [0, 0.1) is 5.92 Å². The van der Waals surface area contributed by atoms with Gasteiger partial charge in [-0.05, 0) is 25.7 Å². The minimum atomic E-state index is -2.98. The molecule has 2 aliphatic rings. The fraction of sp³-hybridized carbons (Fsp3) is 0.857. The molecule has 19 heavy (non-hydrogen) atoms. The minimum absolute atomic E-state index is 0.301. The lowest BCUT2D eigenvalue weighted by atomic mass is 9.94. The zero-order chi connectivity index (χ0) is 13.7. The lowest BCUT2D eigenvalue weighted by Gasteiger charge is -2.33. The third-order valence-corrected chi connectivity index (χ3v) is 6.32. The molecule has 0 saturated carbocycles. The van der Waals surface area contributed by atoms with Crippen molar-refractivity contribution in [3.8, 4) is 0 Å². The molecule has 1 unspecified atom stereocenters. The summed E-state index contributed by atoms with van der Waals surface area (Å²) in [5.41, 5.74) is 0. The molecule has 0 amide bonds. The normalized spacial score (nSPS) is 26.7. The predicted molar refractivity (Wildman–Crippen MR) is 77.7 cm³/mol. The Balaban J connectivity index is 1.77. The van der Waals surface area contributed by atoms with Crippen molar-refractivity contribution in [3.63, 3.8) is 0 Å². The lowest BCUT2D eigenvalue weighted by Crippen LogP contribution is -3.15. The molecule has 0 aromatic heterocycles. The van der Waals surface area contributed by atoms with Gasteiger partial charge in [0.2, 0.25) is 10.0 Å². The summed E-state index contributed by atoms with van der Waals surface area (Å²) in [7, 11) is -2.98. The average molecular weight is 287 g/mol. The van der Waals surface area contributed by atoms with Crippen LogP contribution in [0.25, 0.3) is 0 Å². The van der Waals surface area contributed by atoms with Crippen LogP contribution in [-0.2, 0) is 10.0 Å². The molecule has 4 nitrogen and oxygen atoms in total. The van der Waals surface area contributed by atoms with E-state index in [-0.39, 0.29) is 0 Å². The van der Waals surface area contributed by atoms with E-state index in [9.17, 15) is 8.42 Å². The van der Waals surface area contributed by atoms with E-state index in [1.54, 1.807) is 9.21 Å². The molecule has 1 aliphatic heterocycles. The molecule has 110 valence electrons. The van der Waals surface area contributed by atoms with E-state index >= 15 is 0 Å². The Morgan fingerprint density at radius 3 is 2.58 bits per heavy atom. The number of allylic oxidation sites excluding steroid dienone is 2. The fourth-order valence-electron chi connectivity index (χ4n) is 3.12. The highest BCUT2D eigenvalue weighted by atomic mass is 32.2. The van der Waals surface area contributed by atoms with Crippen molar-refractivity contribution in [2.75, 3.05) is 38.5 Å². The van der Waals surface area contributed by atoms with Crippen LogP contribution in [0.3, 0.4) is 0 Å². The average Bonchev–Trinajstić information content (AvgIpc) is 2.40. The maximum atomic E-state index is 12.0. The minimum Gasteiger partial charge on any atom is -0.333 e. The molecule has 1 atom stereocenters. The molecule has 0 radical (unpaired) electrons. The summed E-state index contributed by atoms with van der Waals surface area (Å²) >= 11 is 0. The van der Waals surface area contributed by atoms with Crippen LogP contribution in [0.5, 0.6) is 0 Å². The van der Waals surface area contributed by atoms with E-state index in [2.05, 4.69) is 12.2 Å².